The highest BCUT2D eigenvalue weighted by Gasteiger charge is 2.29. The summed E-state index contributed by atoms with van der Waals surface area (Å²) in [5.74, 6) is 0. The van der Waals surface area contributed by atoms with Crippen LogP contribution in [-0.4, -0.2) is 37.3 Å². The average Bonchev–Trinajstić information content (AvgIpc) is 2.45. The molecule has 0 radical (unpaired) electrons. The Morgan fingerprint density at radius 1 is 1.28 bits per heavy atom. The standard InChI is InChI=1S/C14H20O4/c1-16-14-8-12(7-13(9-15)18-14)17-10-11-5-3-2-4-6-11/h2-6,12-15H,7-10H2,1H3/t12-,13+,14+/m1/s1. The van der Waals surface area contributed by atoms with Crippen LogP contribution in [0.15, 0.2) is 30.3 Å². The number of hydrogen-bond donors (Lipinski definition) is 1. The molecule has 1 N–H and O–H groups in total. The van der Waals surface area contributed by atoms with E-state index in [-0.39, 0.29) is 25.1 Å². The van der Waals surface area contributed by atoms with Crippen molar-refractivity contribution in [2.24, 2.45) is 0 Å². The van der Waals surface area contributed by atoms with E-state index in [0.29, 0.717) is 19.4 Å². The van der Waals surface area contributed by atoms with E-state index in [4.69, 9.17) is 14.2 Å². The highest BCUT2D eigenvalue weighted by Crippen LogP contribution is 2.23. The lowest BCUT2D eigenvalue weighted by Gasteiger charge is -2.33. The smallest absolute Gasteiger partial charge is 0.160 e. The third-order valence-electron chi connectivity index (χ3n) is 3.12. The Morgan fingerprint density at radius 3 is 2.72 bits per heavy atom. The third-order valence-corrected chi connectivity index (χ3v) is 3.12. The molecule has 0 amide bonds. The van der Waals surface area contributed by atoms with Gasteiger partial charge < -0.3 is 19.3 Å². The van der Waals surface area contributed by atoms with E-state index in [9.17, 15) is 5.11 Å². The average molecular weight is 252 g/mol. The molecule has 0 aromatic heterocycles. The van der Waals surface area contributed by atoms with Gasteiger partial charge in [-0.1, -0.05) is 30.3 Å². The van der Waals surface area contributed by atoms with Gasteiger partial charge in [-0.05, 0) is 5.56 Å². The molecule has 4 heteroatoms. The van der Waals surface area contributed by atoms with Crippen LogP contribution in [0, 0.1) is 0 Å². The molecule has 1 fully saturated rings. The zero-order valence-electron chi connectivity index (χ0n) is 10.6. The Morgan fingerprint density at radius 2 is 2.06 bits per heavy atom. The van der Waals surface area contributed by atoms with Crippen molar-refractivity contribution in [1.82, 2.24) is 0 Å². The first-order valence-electron chi connectivity index (χ1n) is 6.26. The number of methoxy groups -OCH3 is 1. The molecule has 0 aliphatic carbocycles. The molecular weight excluding hydrogens is 232 g/mol. The highest BCUT2D eigenvalue weighted by molar-refractivity contribution is 5.13. The Balaban J connectivity index is 1.84. The molecule has 2 rings (SSSR count). The molecule has 1 aliphatic rings. The Hall–Kier alpha value is -0.940. The molecule has 1 aromatic rings. The lowest BCUT2D eigenvalue weighted by Crippen LogP contribution is -2.39. The molecule has 0 unspecified atom stereocenters. The van der Waals surface area contributed by atoms with Crippen LogP contribution >= 0.6 is 0 Å². The van der Waals surface area contributed by atoms with E-state index in [0.717, 1.165) is 5.56 Å². The van der Waals surface area contributed by atoms with E-state index < -0.39 is 0 Å². The summed E-state index contributed by atoms with van der Waals surface area (Å²) in [6, 6.07) is 10.1. The van der Waals surface area contributed by atoms with Crippen LogP contribution in [0.4, 0.5) is 0 Å². The van der Waals surface area contributed by atoms with Crippen molar-refractivity contribution in [1.29, 1.82) is 0 Å². The lowest BCUT2D eigenvalue weighted by atomic mass is 10.1. The maximum Gasteiger partial charge on any atom is 0.160 e. The van der Waals surface area contributed by atoms with Crippen molar-refractivity contribution in [3.05, 3.63) is 35.9 Å². The van der Waals surface area contributed by atoms with Crippen LogP contribution < -0.4 is 0 Å². The summed E-state index contributed by atoms with van der Waals surface area (Å²) in [4.78, 5) is 0. The van der Waals surface area contributed by atoms with E-state index in [1.165, 1.54) is 0 Å². The van der Waals surface area contributed by atoms with Gasteiger partial charge >= 0.3 is 0 Å². The van der Waals surface area contributed by atoms with Crippen molar-refractivity contribution in [3.8, 4) is 0 Å². The van der Waals surface area contributed by atoms with Crippen LogP contribution in [0.1, 0.15) is 18.4 Å². The Kier molecular flexibility index (Phi) is 5.13. The zero-order chi connectivity index (χ0) is 12.8. The Bertz CT molecular complexity index is 329. The van der Waals surface area contributed by atoms with Gasteiger partial charge in [0.05, 0.1) is 25.4 Å². The molecular formula is C14H20O4. The van der Waals surface area contributed by atoms with Gasteiger partial charge in [0.25, 0.3) is 0 Å². The number of rotatable bonds is 5. The summed E-state index contributed by atoms with van der Waals surface area (Å²) in [5.41, 5.74) is 1.15. The van der Waals surface area contributed by atoms with E-state index >= 15 is 0 Å². The van der Waals surface area contributed by atoms with Crippen molar-refractivity contribution in [3.63, 3.8) is 0 Å². The van der Waals surface area contributed by atoms with Gasteiger partial charge in [-0.2, -0.15) is 0 Å². The predicted molar refractivity (Wildman–Crippen MR) is 67.0 cm³/mol. The van der Waals surface area contributed by atoms with Gasteiger partial charge in [0, 0.05) is 20.0 Å². The number of hydrogen-bond acceptors (Lipinski definition) is 4. The second-order valence-electron chi connectivity index (χ2n) is 4.50. The van der Waals surface area contributed by atoms with Gasteiger partial charge in [-0.25, -0.2) is 0 Å². The van der Waals surface area contributed by atoms with E-state index in [1.54, 1.807) is 7.11 Å². The molecule has 1 aromatic carbocycles. The number of aliphatic hydroxyl groups is 1. The summed E-state index contributed by atoms with van der Waals surface area (Å²) in [6.07, 6.45) is 1.02. The van der Waals surface area contributed by atoms with E-state index in [2.05, 4.69) is 0 Å². The minimum Gasteiger partial charge on any atom is -0.394 e. The molecule has 100 valence electrons. The van der Waals surface area contributed by atoms with Crippen LogP contribution in [0.3, 0.4) is 0 Å². The van der Waals surface area contributed by atoms with Gasteiger partial charge in [-0.15, -0.1) is 0 Å². The molecule has 0 spiro atoms. The topological polar surface area (TPSA) is 47.9 Å². The van der Waals surface area contributed by atoms with Crippen LogP contribution in [0.25, 0.3) is 0 Å². The fourth-order valence-electron chi connectivity index (χ4n) is 2.12. The van der Waals surface area contributed by atoms with E-state index in [1.807, 2.05) is 30.3 Å². The second-order valence-corrected chi connectivity index (χ2v) is 4.50. The molecule has 1 aliphatic heterocycles. The summed E-state index contributed by atoms with van der Waals surface area (Å²) in [5, 5.41) is 9.17. The van der Waals surface area contributed by atoms with Gasteiger partial charge in [0.15, 0.2) is 6.29 Å². The second kappa shape index (κ2) is 6.85. The van der Waals surface area contributed by atoms with Crippen LogP contribution in [-0.2, 0) is 20.8 Å². The van der Waals surface area contributed by atoms with Crippen molar-refractivity contribution < 1.29 is 19.3 Å². The lowest BCUT2D eigenvalue weighted by molar-refractivity contribution is -0.219. The summed E-state index contributed by atoms with van der Waals surface area (Å²) in [7, 11) is 1.61. The van der Waals surface area contributed by atoms with Crippen molar-refractivity contribution in [2.45, 2.75) is 37.9 Å². The van der Waals surface area contributed by atoms with Crippen LogP contribution in [0.5, 0.6) is 0 Å². The van der Waals surface area contributed by atoms with Crippen LogP contribution in [0.2, 0.25) is 0 Å². The maximum atomic E-state index is 9.17. The molecule has 0 bridgehead atoms. The number of ether oxygens (including phenoxy) is 3. The summed E-state index contributed by atoms with van der Waals surface area (Å²) in [6.45, 7) is 0.588. The quantitative estimate of drug-likeness (QED) is 0.866. The molecule has 4 nitrogen and oxygen atoms in total. The maximum absolute atomic E-state index is 9.17. The summed E-state index contributed by atoms with van der Waals surface area (Å²) < 4.78 is 16.6. The zero-order valence-corrected chi connectivity index (χ0v) is 10.6. The van der Waals surface area contributed by atoms with Crippen molar-refractivity contribution >= 4 is 0 Å². The SMILES string of the molecule is CO[C@@H]1C[C@H](OCc2ccccc2)C[C@@H](CO)O1. The first-order chi connectivity index (χ1) is 8.81. The monoisotopic (exact) mass is 252 g/mol. The van der Waals surface area contributed by atoms with Crippen molar-refractivity contribution in [2.75, 3.05) is 13.7 Å². The Labute approximate surface area is 107 Å². The highest BCUT2D eigenvalue weighted by atomic mass is 16.7. The third kappa shape index (κ3) is 3.78. The normalized spacial score (nSPS) is 28.2. The molecule has 1 heterocycles. The van der Waals surface area contributed by atoms with Gasteiger partial charge in [0.1, 0.15) is 0 Å². The van der Waals surface area contributed by atoms with Gasteiger partial charge in [-0.3, -0.25) is 0 Å². The predicted octanol–water partition coefficient (Wildman–Crippen LogP) is 1.72. The molecule has 0 saturated carbocycles. The fraction of sp³-hybridized carbons (Fsp3) is 0.571. The number of aliphatic hydroxyl groups excluding tert-OH is 1. The summed E-state index contributed by atoms with van der Waals surface area (Å²) >= 11 is 0. The molecule has 18 heavy (non-hydrogen) atoms. The minimum atomic E-state index is -0.281. The molecule has 1 saturated heterocycles. The largest absolute Gasteiger partial charge is 0.394 e. The first kappa shape index (κ1) is 13.5. The van der Waals surface area contributed by atoms with Gasteiger partial charge in [0.2, 0.25) is 0 Å². The first-order valence-corrected chi connectivity index (χ1v) is 6.26. The fourth-order valence-corrected chi connectivity index (χ4v) is 2.12. The molecule has 3 atom stereocenters. The minimum absolute atomic E-state index is 0.00502. The number of benzene rings is 1.